The van der Waals surface area contributed by atoms with Crippen LogP contribution in [-0.2, 0) is 11.0 Å². The standard InChI is InChI=1S/C28H20F6N6O2/c29-19-13-18-24(23(31)22(19)30)36-26(41)25(18)38-9-11-39(12-10-38)27(42)20-14-21(15-5-7-35-8-6-15)40(37-20)17-3-1-16(2-4-17)28(32,33)34/h1-8,13-14,25H,9-12H2,(H,36,41). The lowest BCUT2D eigenvalue weighted by atomic mass is 10.0. The smallest absolute Gasteiger partial charge is 0.335 e. The van der Waals surface area contributed by atoms with Crippen molar-refractivity contribution in [2.24, 2.45) is 0 Å². The molecule has 42 heavy (non-hydrogen) atoms. The Hall–Kier alpha value is -4.72. The second kappa shape index (κ2) is 10.3. The Morgan fingerprint density at radius 2 is 1.57 bits per heavy atom. The summed E-state index contributed by atoms with van der Waals surface area (Å²) in [5, 5.41) is 6.69. The molecule has 0 radical (unpaired) electrons. The largest absolute Gasteiger partial charge is 0.416 e. The third kappa shape index (κ3) is 4.76. The summed E-state index contributed by atoms with van der Waals surface area (Å²) in [6, 6.07) is 8.99. The molecular weight excluding hydrogens is 566 g/mol. The predicted molar refractivity (Wildman–Crippen MR) is 137 cm³/mol. The highest BCUT2D eigenvalue weighted by atomic mass is 19.4. The number of hydrogen-bond donors (Lipinski definition) is 1. The first kappa shape index (κ1) is 27.4. The van der Waals surface area contributed by atoms with Gasteiger partial charge in [0.25, 0.3) is 5.91 Å². The molecule has 2 amide bonds. The number of carbonyl (C=O) groups excluding carboxylic acids is 2. The first-order valence-corrected chi connectivity index (χ1v) is 12.7. The van der Waals surface area contributed by atoms with Crippen LogP contribution in [0.15, 0.2) is 60.9 Å². The topological polar surface area (TPSA) is 83.4 Å². The number of hydrogen-bond acceptors (Lipinski definition) is 5. The van der Waals surface area contributed by atoms with Crippen molar-refractivity contribution in [3.8, 4) is 16.9 Å². The Kier molecular flexibility index (Phi) is 6.72. The van der Waals surface area contributed by atoms with Gasteiger partial charge in [-0.15, -0.1) is 0 Å². The van der Waals surface area contributed by atoms with E-state index in [0.717, 1.165) is 18.2 Å². The minimum atomic E-state index is -4.51. The molecule has 4 heterocycles. The van der Waals surface area contributed by atoms with Gasteiger partial charge in [-0.25, -0.2) is 17.9 Å². The van der Waals surface area contributed by atoms with Gasteiger partial charge in [-0.05, 0) is 48.5 Å². The van der Waals surface area contributed by atoms with Crippen LogP contribution in [0.1, 0.15) is 27.7 Å². The maximum Gasteiger partial charge on any atom is 0.416 e. The van der Waals surface area contributed by atoms with Crippen molar-refractivity contribution in [1.82, 2.24) is 24.6 Å². The van der Waals surface area contributed by atoms with Gasteiger partial charge in [0.15, 0.2) is 23.1 Å². The molecule has 2 aliphatic rings. The number of nitrogens with one attached hydrogen (secondary N) is 1. The second-order valence-corrected chi connectivity index (χ2v) is 9.78. The number of anilines is 1. The van der Waals surface area contributed by atoms with E-state index >= 15 is 0 Å². The fourth-order valence-corrected chi connectivity index (χ4v) is 5.20. The molecule has 8 nitrogen and oxygen atoms in total. The van der Waals surface area contributed by atoms with E-state index in [0.29, 0.717) is 16.9 Å². The molecule has 1 unspecified atom stereocenters. The predicted octanol–water partition coefficient (Wildman–Crippen LogP) is 4.82. The first-order chi connectivity index (χ1) is 20.0. The molecule has 2 aromatic carbocycles. The van der Waals surface area contributed by atoms with E-state index in [1.807, 2.05) is 0 Å². The number of fused-ring (bicyclic) bond motifs is 1. The fraction of sp³-hybridized carbons (Fsp3) is 0.214. The molecule has 1 saturated heterocycles. The molecule has 14 heteroatoms. The van der Waals surface area contributed by atoms with Crippen molar-refractivity contribution in [2.75, 3.05) is 31.5 Å². The van der Waals surface area contributed by atoms with Gasteiger partial charge in [0.2, 0.25) is 5.91 Å². The number of halogens is 6. The second-order valence-electron chi connectivity index (χ2n) is 9.78. The molecular formula is C28H20F6N6O2. The van der Waals surface area contributed by atoms with E-state index < -0.39 is 52.7 Å². The van der Waals surface area contributed by atoms with Crippen LogP contribution in [0.2, 0.25) is 0 Å². The van der Waals surface area contributed by atoms with E-state index in [4.69, 9.17) is 0 Å². The fourth-order valence-electron chi connectivity index (χ4n) is 5.20. The molecule has 0 bridgehead atoms. The molecule has 0 saturated carbocycles. The average molecular weight is 586 g/mol. The average Bonchev–Trinajstić information content (AvgIpc) is 3.57. The molecule has 1 N–H and O–H groups in total. The molecule has 6 rings (SSSR count). The Morgan fingerprint density at radius 1 is 0.905 bits per heavy atom. The summed E-state index contributed by atoms with van der Waals surface area (Å²) in [5.41, 5.74) is 0.178. The Morgan fingerprint density at radius 3 is 2.21 bits per heavy atom. The molecule has 1 fully saturated rings. The molecule has 0 aliphatic carbocycles. The van der Waals surface area contributed by atoms with Crippen LogP contribution in [0.5, 0.6) is 0 Å². The van der Waals surface area contributed by atoms with E-state index in [-0.39, 0.29) is 37.4 Å². The van der Waals surface area contributed by atoms with Crippen LogP contribution < -0.4 is 5.32 Å². The van der Waals surface area contributed by atoms with Crippen LogP contribution in [0.4, 0.5) is 32.0 Å². The number of amides is 2. The minimum Gasteiger partial charge on any atom is -0.335 e. The molecule has 0 spiro atoms. The van der Waals surface area contributed by atoms with E-state index in [2.05, 4.69) is 15.4 Å². The summed E-state index contributed by atoms with van der Waals surface area (Å²) in [6.07, 6.45) is -1.45. The number of carbonyl (C=O) groups is 2. The number of alkyl halides is 3. The Balaban J connectivity index is 1.24. The van der Waals surface area contributed by atoms with Crippen LogP contribution in [0, 0.1) is 17.5 Å². The maximum absolute atomic E-state index is 14.2. The lowest BCUT2D eigenvalue weighted by molar-refractivity contribution is -0.137. The van der Waals surface area contributed by atoms with E-state index in [1.165, 1.54) is 40.2 Å². The summed E-state index contributed by atoms with van der Waals surface area (Å²) in [4.78, 5) is 33.2. The van der Waals surface area contributed by atoms with Gasteiger partial charge < -0.3 is 10.2 Å². The molecule has 2 aromatic heterocycles. The first-order valence-electron chi connectivity index (χ1n) is 12.7. The van der Waals surface area contributed by atoms with Crippen molar-refractivity contribution in [2.45, 2.75) is 12.2 Å². The third-order valence-electron chi connectivity index (χ3n) is 7.29. The summed E-state index contributed by atoms with van der Waals surface area (Å²) in [7, 11) is 0. The van der Waals surface area contributed by atoms with Gasteiger partial charge in [-0.1, -0.05) is 0 Å². The lowest BCUT2D eigenvalue weighted by Gasteiger charge is -2.37. The van der Waals surface area contributed by atoms with Gasteiger partial charge >= 0.3 is 6.18 Å². The number of aromatic nitrogens is 3. The summed E-state index contributed by atoms with van der Waals surface area (Å²) in [6.45, 7) is 0.616. The number of pyridine rings is 1. The van der Waals surface area contributed by atoms with Crippen LogP contribution >= 0.6 is 0 Å². The monoisotopic (exact) mass is 586 g/mol. The zero-order chi connectivity index (χ0) is 29.8. The van der Waals surface area contributed by atoms with Crippen molar-refractivity contribution >= 4 is 17.5 Å². The van der Waals surface area contributed by atoms with Crippen molar-refractivity contribution in [3.05, 3.63) is 95.2 Å². The van der Waals surface area contributed by atoms with Crippen molar-refractivity contribution in [1.29, 1.82) is 0 Å². The highest BCUT2D eigenvalue weighted by Crippen LogP contribution is 2.39. The number of piperazine rings is 1. The normalized spacial score (nSPS) is 17.3. The van der Waals surface area contributed by atoms with Crippen molar-refractivity contribution in [3.63, 3.8) is 0 Å². The zero-order valence-electron chi connectivity index (χ0n) is 21.5. The number of rotatable bonds is 4. The highest BCUT2D eigenvalue weighted by molar-refractivity contribution is 6.02. The SMILES string of the molecule is O=C1Nc2c(cc(F)c(F)c2F)C1N1CCN(C(=O)c2cc(-c3ccncc3)n(-c3ccc(C(F)(F)F)cc3)n2)CC1. The highest BCUT2D eigenvalue weighted by Gasteiger charge is 2.40. The maximum atomic E-state index is 14.2. The number of benzene rings is 2. The molecule has 2 aliphatic heterocycles. The van der Waals surface area contributed by atoms with Crippen molar-refractivity contribution < 1.29 is 35.9 Å². The lowest BCUT2D eigenvalue weighted by Crippen LogP contribution is -2.50. The summed E-state index contributed by atoms with van der Waals surface area (Å²) >= 11 is 0. The van der Waals surface area contributed by atoms with Crippen LogP contribution in [-0.4, -0.2) is 62.6 Å². The van der Waals surface area contributed by atoms with Gasteiger partial charge in [0, 0.05) is 49.7 Å². The van der Waals surface area contributed by atoms with Gasteiger partial charge in [0.1, 0.15) is 6.04 Å². The molecule has 4 aromatic rings. The quantitative estimate of drug-likeness (QED) is 0.274. The summed E-state index contributed by atoms with van der Waals surface area (Å²) in [5.74, 6) is -5.64. The Labute approximate surface area is 234 Å². The van der Waals surface area contributed by atoms with Crippen LogP contribution in [0.3, 0.4) is 0 Å². The van der Waals surface area contributed by atoms with E-state index in [1.54, 1.807) is 17.0 Å². The molecule has 1 atom stereocenters. The molecule has 216 valence electrons. The van der Waals surface area contributed by atoms with Gasteiger partial charge in [-0.2, -0.15) is 18.3 Å². The Bertz CT molecular complexity index is 1680. The van der Waals surface area contributed by atoms with Crippen LogP contribution in [0.25, 0.3) is 16.9 Å². The zero-order valence-corrected chi connectivity index (χ0v) is 21.5. The summed E-state index contributed by atoms with van der Waals surface area (Å²) < 4.78 is 82.5. The van der Waals surface area contributed by atoms with Gasteiger partial charge in [-0.3, -0.25) is 19.5 Å². The minimum absolute atomic E-state index is 0.0200. The third-order valence-corrected chi connectivity index (χ3v) is 7.29. The van der Waals surface area contributed by atoms with Gasteiger partial charge in [0.05, 0.1) is 22.6 Å². The van der Waals surface area contributed by atoms with E-state index in [9.17, 15) is 35.9 Å². The number of nitrogens with zero attached hydrogens (tertiary/aromatic N) is 5.